The van der Waals surface area contributed by atoms with Crippen LogP contribution in [-0.2, 0) is 25.5 Å². The molecule has 11 rings (SSSR count). The number of phenolic OH excluding ortho intramolecular Hbond substituents is 1. The van der Waals surface area contributed by atoms with E-state index in [2.05, 4.69) is 64.5 Å². The Morgan fingerprint density at radius 2 is 1.75 bits per heavy atom. The Morgan fingerprint density at radius 3 is 2.54 bits per heavy atom. The van der Waals surface area contributed by atoms with Gasteiger partial charge in [0.05, 0.1) is 17.2 Å². The molecule has 0 radical (unpaired) electrons. The number of aliphatic hydroxyl groups is 2. The Balaban J connectivity index is 1.19. The molecule has 3 fully saturated rings. The normalized spacial score (nSPS) is 31.8. The number of nitrogens with one attached hydrogen (secondary N) is 3. The maximum absolute atomic E-state index is 15.1. The molecule has 3 aromatic carbocycles. The third kappa shape index (κ3) is 6.95. The van der Waals surface area contributed by atoms with Crippen molar-refractivity contribution < 1.29 is 34.4 Å². The molecule has 10 heteroatoms. The summed E-state index contributed by atoms with van der Waals surface area (Å²) in [7, 11) is 3.97. The van der Waals surface area contributed by atoms with Crippen LogP contribution in [0.4, 0.5) is 0 Å². The third-order valence-corrected chi connectivity index (χ3v) is 16.3. The Bertz CT molecular complexity index is 2420. The molecule has 0 aromatic heterocycles. The number of benzene rings is 3. The standard InChI is InChI=1S/C53H61N3O7/c1-54-42-17-21-52-20-15-39-43(14-11-36(30-58)33-18-23-56-45(28-33)55-2)62-50(60)47(39)49(52)53-22-16-41(52)46(40-29-37(59)12-13-38(40)34-9-6-10-35(42)27-34)48(53)51(61)63-44(53)26-32(19-24-57)25-31-7-4-3-5-8-31/h3-10,12-14,26-27,29,32-33,36,41-42,45,49,54-59H,11,15-25,28,30H2,1-2H3/t32-,33+,36+,41+,42+,45+,49+,52-,53+/m1/s1. The minimum absolute atomic E-state index is 0.0219. The van der Waals surface area contributed by atoms with Gasteiger partial charge in [0.15, 0.2) is 0 Å². The Morgan fingerprint density at radius 1 is 0.889 bits per heavy atom. The Kier molecular flexibility index (Phi) is 11.3. The van der Waals surface area contributed by atoms with Gasteiger partial charge in [0, 0.05) is 36.3 Å². The number of hydrogen-bond acceptors (Lipinski definition) is 10. The van der Waals surface area contributed by atoms with Gasteiger partial charge < -0.3 is 40.7 Å². The van der Waals surface area contributed by atoms with Crippen molar-refractivity contribution in [1.82, 2.24) is 16.0 Å². The van der Waals surface area contributed by atoms with Gasteiger partial charge in [-0.25, -0.2) is 9.59 Å². The van der Waals surface area contributed by atoms with Gasteiger partial charge in [0.2, 0.25) is 0 Å². The van der Waals surface area contributed by atoms with E-state index in [1.807, 2.05) is 44.4 Å². The number of carbonyl (C=O) groups excluding carboxylic acids is 2. The summed E-state index contributed by atoms with van der Waals surface area (Å²) in [5.74, 6) is 0.239. The summed E-state index contributed by atoms with van der Waals surface area (Å²) in [6, 6.07) is 24.4. The molecule has 5 aliphatic carbocycles. The monoisotopic (exact) mass is 851 g/mol. The Labute approximate surface area is 370 Å². The molecule has 1 saturated carbocycles. The first-order valence-corrected chi connectivity index (χ1v) is 23.3. The molecular formula is C53H61N3O7. The van der Waals surface area contributed by atoms with E-state index in [1.165, 1.54) is 5.56 Å². The molecule has 3 aliphatic heterocycles. The van der Waals surface area contributed by atoms with E-state index >= 15 is 4.79 Å². The summed E-state index contributed by atoms with van der Waals surface area (Å²) in [6.45, 7) is 0.902. The highest BCUT2D eigenvalue weighted by atomic mass is 16.6. The van der Waals surface area contributed by atoms with Gasteiger partial charge in [0.1, 0.15) is 17.3 Å². The van der Waals surface area contributed by atoms with E-state index in [4.69, 9.17) is 9.47 Å². The van der Waals surface area contributed by atoms with Crippen LogP contribution in [0, 0.1) is 40.4 Å². The maximum atomic E-state index is 15.1. The van der Waals surface area contributed by atoms with Crippen molar-refractivity contribution in [3.8, 4) is 16.9 Å². The first-order chi connectivity index (χ1) is 30.7. The lowest BCUT2D eigenvalue weighted by Gasteiger charge is -2.63. The van der Waals surface area contributed by atoms with Crippen LogP contribution in [0.1, 0.15) is 86.9 Å². The van der Waals surface area contributed by atoms with Crippen LogP contribution >= 0.6 is 0 Å². The molecule has 3 aromatic rings. The molecule has 0 amide bonds. The fourth-order valence-electron chi connectivity index (χ4n) is 13.5. The predicted octanol–water partition coefficient (Wildman–Crippen LogP) is 7.64. The Hall–Kier alpha value is -4.84. The number of piperidine rings is 1. The van der Waals surface area contributed by atoms with Crippen molar-refractivity contribution in [3.63, 3.8) is 0 Å². The third-order valence-electron chi connectivity index (χ3n) is 16.3. The van der Waals surface area contributed by atoms with Gasteiger partial charge in [-0.05, 0) is 184 Å². The zero-order valence-electron chi connectivity index (χ0n) is 36.5. The second kappa shape index (κ2) is 16.9. The first kappa shape index (κ1) is 42.1. The fraction of sp³-hybridized carbons (Fsp3) is 0.472. The van der Waals surface area contributed by atoms with Gasteiger partial charge in [-0.3, -0.25) is 0 Å². The number of phenols is 1. The largest absolute Gasteiger partial charge is 0.508 e. The lowest BCUT2D eigenvalue weighted by atomic mass is 9.37. The molecule has 330 valence electrons. The highest BCUT2D eigenvalue weighted by molar-refractivity contribution is 6.08. The average molecular weight is 852 g/mol. The lowest BCUT2D eigenvalue weighted by molar-refractivity contribution is -0.136. The minimum Gasteiger partial charge on any atom is -0.508 e. The number of esters is 2. The first-order valence-electron chi connectivity index (χ1n) is 23.3. The number of allylic oxidation sites excluding steroid dienone is 5. The van der Waals surface area contributed by atoms with Crippen LogP contribution in [0.2, 0.25) is 0 Å². The summed E-state index contributed by atoms with van der Waals surface area (Å²) in [5.41, 5.74) is 6.77. The topological polar surface area (TPSA) is 149 Å². The molecule has 0 unspecified atom stereocenters. The van der Waals surface area contributed by atoms with Crippen molar-refractivity contribution in [3.05, 3.63) is 130 Å². The second-order valence-corrected chi connectivity index (χ2v) is 19.2. The molecule has 3 heterocycles. The van der Waals surface area contributed by atoms with Crippen molar-refractivity contribution in [2.24, 2.45) is 40.4 Å². The summed E-state index contributed by atoms with van der Waals surface area (Å²) >= 11 is 0. The smallest absolute Gasteiger partial charge is 0.340 e. The lowest BCUT2D eigenvalue weighted by Crippen LogP contribution is -2.59. The van der Waals surface area contributed by atoms with Crippen LogP contribution in [0.25, 0.3) is 16.7 Å². The summed E-state index contributed by atoms with van der Waals surface area (Å²) in [6.07, 6.45) is 12.4. The quantitative estimate of drug-likeness (QED) is 0.106. The number of rotatable bonds is 11. The number of carbonyl (C=O) groups is 2. The van der Waals surface area contributed by atoms with Crippen molar-refractivity contribution in [1.29, 1.82) is 0 Å². The number of aliphatic hydroxyl groups excluding tert-OH is 2. The van der Waals surface area contributed by atoms with E-state index < -0.39 is 22.7 Å². The fourth-order valence-corrected chi connectivity index (χ4v) is 13.5. The number of ether oxygens (including phenoxy) is 2. The van der Waals surface area contributed by atoms with Crippen LogP contribution in [0.5, 0.6) is 5.75 Å². The van der Waals surface area contributed by atoms with E-state index in [0.717, 1.165) is 78.5 Å². The predicted molar refractivity (Wildman–Crippen MR) is 241 cm³/mol. The molecule has 2 saturated heterocycles. The van der Waals surface area contributed by atoms with Gasteiger partial charge in [-0.15, -0.1) is 0 Å². The minimum atomic E-state index is -0.990. The van der Waals surface area contributed by atoms with E-state index in [9.17, 15) is 20.1 Å². The summed E-state index contributed by atoms with van der Waals surface area (Å²) in [4.78, 5) is 30.0. The summed E-state index contributed by atoms with van der Waals surface area (Å²) < 4.78 is 13.1. The molecule has 10 nitrogen and oxygen atoms in total. The number of cyclic esters (lactones) is 2. The van der Waals surface area contributed by atoms with Gasteiger partial charge >= 0.3 is 11.9 Å². The highest BCUT2D eigenvalue weighted by Gasteiger charge is 2.73. The van der Waals surface area contributed by atoms with Crippen molar-refractivity contribution in [2.75, 3.05) is 33.9 Å². The zero-order chi connectivity index (χ0) is 43.5. The van der Waals surface area contributed by atoms with Crippen LogP contribution in [0.15, 0.2) is 113 Å². The molecule has 6 bridgehead atoms. The van der Waals surface area contributed by atoms with Crippen molar-refractivity contribution in [2.45, 2.75) is 82.8 Å². The highest BCUT2D eigenvalue weighted by Crippen LogP contribution is 2.77. The number of aromatic hydroxyl groups is 1. The van der Waals surface area contributed by atoms with Gasteiger partial charge in [0.25, 0.3) is 0 Å². The number of hydrogen-bond donors (Lipinski definition) is 6. The van der Waals surface area contributed by atoms with E-state index in [1.54, 1.807) is 6.07 Å². The molecular weight excluding hydrogens is 791 g/mol. The molecule has 9 atom stereocenters. The van der Waals surface area contributed by atoms with Crippen LogP contribution < -0.4 is 16.0 Å². The van der Waals surface area contributed by atoms with Gasteiger partial charge in [-0.1, -0.05) is 54.6 Å². The van der Waals surface area contributed by atoms with Crippen LogP contribution in [0.3, 0.4) is 0 Å². The van der Waals surface area contributed by atoms with Crippen molar-refractivity contribution >= 4 is 17.5 Å². The van der Waals surface area contributed by atoms with Gasteiger partial charge in [-0.2, -0.15) is 0 Å². The second-order valence-electron chi connectivity index (χ2n) is 19.2. The molecule has 63 heavy (non-hydrogen) atoms. The molecule has 2 spiro atoms. The molecule has 6 N–H and O–H groups in total. The zero-order valence-corrected chi connectivity index (χ0v) is 36.5. The average Bonchev–Trinajstić information content (AvgIpc) is 3.78. The van der Waals surface area contributed by atoms with E-state index in [-0.39, 0.29) is 54.9 Å². The molecule has 8 aliphatic rings. The maximum Gasteiger partial charge on any atom is 0.340 e. The summed E-state index contributed by atoms with van der Waals surface area (Å²) in [5, 5.41) is 42.9. The van der Waals surface area contributed by atoms with E-state index in [0.29, 0.717) is 60.7 Å². The number of fused-ring (bicyclic) bond motifs is 5. The van der Waals surface area contributed by atoms with Crippen LogP contribution in [-0.4, -0.2) is 67.3 Å². The SMILES string of the molecule is CN[C@@H]1C[C@@H]([C@H](CO)CC=C2OC(=O)C3=C2CC[C@@]24CC[C@H](NC)c5cccc(c5)-c5ccc(O)cc5C5=C6C(=O)OC(=C[C@H](CCO)Cc7ccccc7)[C@]6(CC[C@@H]52)[C@@H]34)CCN1.